The first kappa shape index (κ1) is 16.4. The number of nitrogens with zero attached hydrogens (tertiary/aromatic N) is 1. The van der Waals surface area contributed by atoms with Crippen LogP contribution in [0.2, 0.25) is 0 Å². The molecule has 0 aliphatic carbocycles. The predicted molar refractivity (Wildman–Crippen MR) is 97.5 cm³/mol. The molecule has 118 valence electrons. The molecule has 2 aromatic carbocycles. The van der Waals surface area contributed by atoms with Gasteiger partial charge in [0.05, 0.1) is 4.90 Å². The Kier molecular flexibility index (Phi) is 4.41. The van der Waals surface area contributed by atoms with Crippen LogP contribution in [0, 0.1) is 0 Å². The summed E-state index contributed by atoms with van der Waals surface area (Å²) in [6.07, 6.45) is 1.18. The molecular weight excluding hydrogens is 397 g/mol. The smallest absolute Gasteiger partial charge is 0.228 e. The first-order chi connectivity index (χ1) is 10.8. The lowest BCUT2D eigenvalue weighted by atomic mass is 10.2. The van der Waals surface area contributed by atoms with E-state index in [-0.39, 0.29) is 4.90 Å². The van der Waals surface area contributed by atoms with Gasteiger partial charge in [-0.3, -0.25) is 0 Å². The maximum Gasteiger partial charge on any atom is 0.228 e. The van der Waals surface area contributed by atoms with Gasteiger partial charge in [0, 0.05) is 17.4 Å². The Morgan fingerprint density at radius 3 is 2.13 bits per heavy atom. The van der Waals surface area contributed by atoms with Crippen LogP contribution in [-0.2, 0) is 9.84 Å². The van der Waals surface area contributed by atoms with E-state index in [2.05, 4.69) is 30.2 Å². The van der Waals surface area contributed by atoms with E-state index in [1.807, 2.05) is 24.3 Å². The first-order valence-electron chi connectivity index (χ1n) is 6.67. The van der Waals surface area contributed by atoms with Crippen molar-refractivity contribution < 1.29 is 12.8 Å². The molecule has 0 spiro atoms. The third kappa shape index (κ3) is 3.55. The highest BCUT2D eigenvalue weighted by atomic mass is 79.9. The van der Waals surface area contributed by atoms with Crippen LogP contribution in [0.25, 0.3) is 22.7 Å². The molecule has 1 aromatic heterocycles. The van der Waals surface area contributed by atoms with Gasteiger partial charge in [0.2, 0.25) is 5.89 Å². The summed E-state index contributed by atoms with van der Waals surface area (Å²) in [7, 11) is -0.585. The Labute approximate surface area is 145 Å². The van der Waals surface area contributed by atoms with E-state index >= 15 is 0 Å². The van der Waals surface area contributed by atoms with Gasteiger partial charge in [0.1, 0.15) is 5.69 Å². The molecule has 3 aromatic rings. The Morgan fingerprint density at radius 1 is 1.00 bits per heavy atom. The summed E-state index contributed by atoms with van der Waals surface area (Å²) in [5, 5.41) is 1.08. The molecule has 1 unspecified atom stereocenters. The van der Waals surface area contributed by atoms with Gasteiger partial charge >= 0.3 is 0 Å². The Morgan fingerprint density at radius 2 is 1.57 bits per heavy atom. The lowest BCUT2D eigenvalue weighted by Gasteiger charge is -2.00. The average molecular weight is 410 g/mol. The summed E-state index contributed by atoms with van der Waals surface area (Å²) < 4.78 is 29.2. The van der Waals surface area contributed by atoms with Crippen LogP contribution in [0.5, 0.6) is 0 Å². The fourth-order valence-electron chi connectivity index (χ4n) is 2.09. The second kappa shape index (κ2) is 6.19. The minimum atomic E-state index is -3.21. The van der Waals surface area contributed by atoms with Crippen molar-refractivity contribution in [1.82, 2.24) is 4.98 Å². The molecule has 1 atom stereocenters. The van der Waals surface area contributed by atoms with E-state index in [1.165, 1.54) is 6.26 Å². The molecule has 0 N–H and O–H groups in total. The molecule has 0 radical (unpaired) electrons. The first-order valence-corrected chi connectivity index (χ1v) is 9.93. The SMILES string of the molecule is CS(=O)(=O)c1ccc(-c2nc(-c3ccc(P)cc3)oc2Br)cc1. The number of benzene rings is 2. The molecule has 4 nitrogen and oxygen atoms in total. The van der Waals surface area contributed by atoms with Gasteiger partial charge in [-0.1, -0.05) is 24.3 Å². The number of aromatic nitrogens is 1. The van der Waals surface area contributed by atoms with Crippen LogP contribution in [0.1, 0.15) is 0 Å². The summed E-state index contributed by atoms with van der Waals surface area (Å²) in [6, 6.07) is 14.3. The van der Waals surface area contributed by atoms with Crippen molar-refractivity contribution in [2.75, 3.05) is 6.26 Å². The lowest BCUT2D eigenvalue weighted by molar-refractivity contribution is 0.550. The maximum absolute atomic E-state index is 11.5. The third-order valence-electron chi connectivity index (χ3n) is 3.30. The largest absolute Gasteiger partial charge is 0.429 e. The molecule has 23 heavy (non-hydrogen) atoms. The van der Waals surface area contributed by atoms with Gasteiger partial charge in [-0.05, 0) is 45.5 Å². The predicted octanol–water partition coefficient (Wildman–Crippen LogP) is 3.68. The van der Waals surface area contributed by atoms with Crippen molar-refractivity contribution in [2.45, 2.75) is 4.90 Å². The van der Waals surface area contributed by atoms with E-state index in [0.29, 0.717) is 16.3 Å². The molecule has 7 heteroatoms. The Hall–Kier alpha value is -1.49. The van der Waals surface area contributed by atoms with E-state index in [4.69, 9.17) is 4.42 Å². The van der Waals surface area contributed by atoms with Crippen LogP contribution in [-0.4, -0.2) is 19.7 Å². The number of hydrogen-bond donors (Lipinski definition) is 0. The standard InChI is InChI=1S/C16H13BrNO3PS/c1-23(19,20)13-8-4-10(5-9-13)14-15(17)21-16(18-14)11-2-6-12(22)7-3-11/h2-9H,22H2,1H3. The van der Waals surface area contributed by atoms with E-state index in [9.17, 15) is 8.42 Å². The highest BCUT2D eigenvalue weighted by molar-refractivity contribution is 9.10. The normalized spacial score (nSPS) is 11.6. The van der Waals surface area contributed by atoms with Crippen LogP contribution >= 0.6 is 25.2 Å². The second-order valence-corrected chi connectivity index (χ2v) is 8.46. The average Bonchev–Trinajstić information content (AvgIpc) is 2.89. The zero-order chi connectivity index (χ0) is 16.6. The summed E-state index contributed by atoms with van der Waals surface area (Å²) in [5.41, 5.74) is 2.29. The van der Waals surface area contributed by atoms with Crippen molar-refractivity contribution in [1.29, 1.82) is 0 Å². The molecule has 0 aliphatic rings. The van der Waals surface area contributed by atoms with Crippen molar-refractivity contribution in [2.24, 2.45) is 0 Å². The number of sulfone groups is 1. The summed E-state index contributed by atoms with van der Waals surface area (Å²) in [6.45, 7) is 0. The topological polar surface area (TPSA) is 60.2 Å². The fourth-order valence-corrected chi connectivity index (χ4v) is 3.38. The second-order valence-electron chi connectivity index (χ2n) is 5.06. The quantitative estimate of drug-likeness (QED) is 0.619. The molecule has 0 bridgehead atoms. The van der Waals surface area contributed by atoms with E-state index in [0.717, 1.165) is 16.4 Å². The van der Waals surface area contributed by atoms with Gasteiger partial charge in [-0.15, -0.1) is 9.24 Å². The number of rotatable bonds is 3. The molecular formula is C16H13BrNO3PS. The molecule has 3 rings (SSSR count). The molecule has 1 heterocycles. The summed E-state index contributed by atoms with van der Waals surface area (Å²) >= 11 is 3.37. The highest BCUT2D eigenvalue weighted by Gasteiger charge is 2.15. The summed E-state index contributed by atoms with van der Waals surface area (Å²) in [5.74, 6) is 0.504. The minimum Gasteiger partial charge on any atom is -0.429 e. The van der Waals surface area contributed by atoms with E-state index < -0.39 is 9.84 Å². The Balaban J connectivity index is 1.99. The van der Waals surface area contributed by atoms with Crippen LogP contribution in [0.3, 0.4) is 0 Å². The van der Waals surface area contributed by atoms with Gasteiger partial charge in [-0.25, -0.2) is 13.4 Å². The zero-order valence-electron chi connectivity index (χ0n) is 12.2. The van der Waals surface area contributed by atoms with Crippen LogP contribution < -0.4 is 5.30 Å². The van der Waals surface area contributed by atoms with Gasteiger partial charge in [-0.2, -0.15) is 0 Å². The van der Waals surface area contributed by atoms with Crippen molar-refractivity contribution in [3.63, 3.8) is 0 Å². The summed E-state index contributed by atoms with van der Waals surface area (Å²) in [4.78, 5) is 4.78. The molecule has 0 aliphatic heterocycles. The van der Waals surface area contributed by atoms with Gasteiger partial charge in [0.25, 0.3) is 0 Å². The number of halogens is 1. The van der Waals surface area contributed by atoms with Crippen molar-refractivity contribution in [3.05, 3.63) is 53.2 Å². The highest BCUT2D eigenvalue weighted by Crippen LogP contribution is 2.32. The van der Waals surface area contributed by atoms with Crippen LogP contribution in [0.4, 0.5) is 0 Å². The zero-order valence-corrected chi connectivity index (χ0v) is 15.7. The van der Waals surface area contributed by atoms with Crippen LogP contribution in [0.15, 0.2) is 62.5 Å². The minimum absolute atomic E-state index is 0.275. The lowest BCUT2D eigenvalue weighted by Crippen LogP contribution is -1.96. The van der Waals surface area contributed by atoms with Crippen molar-refractivity contribution in [3.8, 4) is 22.7 Å². The molecule has 0 amide bonds. The van der Waals surface area contributed by atoms with Crippen molar-refractivity contribution >= 4 is 40.3 Å². The van der Waals surface area contributed by atoms with E-state index in [1.54, 1.807) is 24.3 Å². The number of oxazole rings is 1. The monoisotopic (exact) mass is 409 g/mol. The van der Waals surface area contributed by atoms with Gasteiger partial charge < -0.3 is 4.42 Å². The molecule has 0 saturated heterocycles. The Bertz CT molecular complexity index is 948. The molecule has 0 saturated carbocycles. The fraction of sp³-hybridized carbons (Fsp3) is 0.0625. The number of hydrogen-bond acceptors (Lipinski definition) is 4. The molecule has 0 fully saturated rings. The van der Waals surface area contributed by atoms with Gasteiger partial charge in [0.15, 0.2) is 14.5 Å². The third-order valence-corrected chi connectivity index (χ3v) is 5.35. The maximum atomic E-state index is 11.5.